The van der Waals surface area contributed by atoms with E-state index < -0.39 is 0 Å². The maximum Gasteiger partial charge on any atom is 0.323 e. The molecule has 0 aliphatic carbocycles. The number of hydrogen-bond donors (Lipinski definition) is 0. The highest BCUT2D eigenvalue weighted by atomic mass is 79.9. The van der Waals surface area contributed by atoms with Crippen LogP contribution in [0.25, 0.3) is 16.9 Å². The number of hydrogen-bond acceptors (Lipinski definition) is 1. The van der Waals surface area contributed by atoms with Crippen molar-refractivity contribution in [1.29, 1.82) is 0 Å². The zero-order valence-electron chi connectivity index (χ0n) is 12.4. The second-order valence-corrected chi connectivity index (χ2v) is 7.92. The molecule has 2 heterocycles. The minimum atomic E-state index is 0.773. The minimum absolute atomic E-state index is 0.773. The van der Waals surface area contributed by atoms with Crippen LogP contribution in [0.2, 0.25) is 5.02 Å². The fourth-order valence-electron chi connectivity index (χ4n) is 2.87. The summed E-state index contributed by atoms with van der Waals surface area (Å²) in [6.45, 7) is 1.06. The van der Waals surface area contributed by atoms with Crippen LogP contribution in [0.5, 0.6) is 0 Å². The van der Waals surface area contributed by atoms with Crippen LogP contribution < -0.4 is 4.57 Å². The van der Waals surface area contributed by atoms with Crippen LogP contribution in [-0.4, -0.2) is 10.3 Å². The third kappa shape index (κ3) is 2.95. The molecule has 4 rings (SSSR count). The molecule has 2 aromatic carbocycles. The molecule has 2 nitrogen and oxygen atoms in total. The van der Waals surface area contributed by atoms with Gasteiger partial charge in [0.1, 0.15) is 11.9 Å². The Morgan fingerprint density at radius 2 is 1.78 bits per heavy atom. The molecule has 0 atom stereocenters. The van der Waals surface area contributed by atoms with Crippen LogP contribution in [0.1, 0.15) is 6.42 Å². The third-order valence-corrected chi connectivity index (χ3v) is 5.93. The molecule has 1 aromatic heterocycles. The van der Waals surface area contributed by atoms with Gasteiger partial charge in [-0.1, -0.05) is 27.5 Å². The molecule has 23 heavy (non-hydrogen) atoms. The average Bonchev–Trinajstić information content (AvgIpc) is 2.96. The first-order chi connectivity index (χ1) is 11.2. The first-order valence-electron chi connectivity index (χ1n) is 7.52. The summed E-state index contributed by atoms with van der Waals surface area (Å²) in [5.74, 6) is 1.17. The summed E-state index contributed by atoms with van der Waals surface area (Å²) in [6.07, 6.45) is 3.44. The maximum absolute atomic E-state index is 6.04. The van der Waals surface area contributed by atoms with E-state index in [0.717, 1.165) is 16.0 Å². The van der Waals surface area contributed by atoms with Crippen molar-refractivity contribution in [3.05, 3.63) is 64.2 Å². The predicted octanol–water partition coefficient (Wildman–Crippen LogP) is 5.34. The van der Waals surface area contributed by atoms with Crippen molar-refractivity contribution in [2.45, 2.75) is 18.1 Å². The van der Waals surface area contributed by atoms with Gasteiger partial charge in [0.2, 0.25) is 0 Å². The molecule has 0 bridgehead atoms. The highest BCUT2D eigenvalue weighted by Crippen LogP contribution is 2.29. The second kappa shape index (κ2) is 6.34. The zero-order valence-corrected chi connectivity index (χ0v) is 15.5. The van der Waals surface area contributed by atoms with Gasteiger partial charge in [0, 0.05) is 20.8 Å². The first-order valence-corrected chi connectivity index (χ1v) is 9.68. The Hall–Kier alpha value is -1.23. The lowest BCUT2D eigenvalue weighted by atomic mass is 10.1. The summed E-state index contributed by atoms with van der Waals surface area (Å²) in [5, 5.41) is 2.07. The van der Waals surface area contributed by atoms with Crippen LogP contribution in [0, 0.1) is 0 Å². The van der Waals surface area contributed by atoms with Crippen molar-refractivity contribution in [3.63, 3.8) is 0 Å². The molecule has 0 radical (unpaired) electrons. The Morgan fingerprint density at radius 1 is 1.04 bits per heavy atom. The number of nitrogens with zero attached hydrogens (tertiary/aromatic N) is 2. The van der Waals surface area contributed by atoms with E-state index in [2.05, 4.69) is 67.7 Å². The van der Waals surface area contributed by atoms with Gasteiger partial charge < -0.3 is 0 Å². The van der Waals surface area contributed by atoms with Crippen LogP contribution in [0.15, 0.2) is 64.4 Å². The van der Waals surface area contributed by atoms with E-state index in [1.807, 2.05) is 23.9 Å². The highest BCUT2D eigenvalue weighted by Gasteiger charge is 2.28. The number of fused-ring (bicyclic) bond motifs is 1. The predicted molar refractivity (Wildman–Crippen MR) is 99.5 cm³/mol. The van der Waals surface area contributed by atoms with Crippen LogP contribution in [0.4, 0.5) is 0 Å². The third-order valence-electron chi connectivity index (χ3n) is 3.98. The maximum atomic E-state index is 6.04. The Kier molecular flexibility index (Phi) is 4.22. The lowest BCUT2D eigenvalue weighted by molar-refractivity contribution is -0.724. The molecule has 3 aromatic rings. The molecular weight excluding hydrogens is 392 g/mol. The summed E-state index contributed by atoms with van der Waals surface area (Å²) < 4.78 is 5.81. The van der Waals surface area contributed by atoms with Crippen LogP contribution in [0.3, 0.4) is 0 Å². The molecule has 116 valence electrons. The summed E-state index contributed by atoms with van der Waals surface area (Å²) in [5.41, 5.74) is 3.63. The number of benzene rings is 2. The molecule has 0 unspecified atom stereocenters. The molecule has 1 aliphatic heterocycles. The lowest BCUT2D eigenvalue weighted by Gasteiger charge is -2.10. The topological polar surface area (TPSA) is 8.81 Å². The molecule has 0 N–H and O–H groups in total. The van der Waals surface area contributed by atoms with Gasteiger partial charge in [-0.2, -0.15) is 4.57 Å². The smallest absolute Gasteiger partial charge is 0.217 e. The minimum Gasteiger partial charge on any atom is -0.217 e. The van der Waals surface area contributed by atoms with Gasteiger partial charge in [-0.25, -0.2) is 4.57 Å². The molecule has 0 fully saturated rings. The van der Waals surface area contributed by atoms with Crippen LogP contribution >= 0.6 is 39.3 Å². The highest BCUT2D eigenvalue weighted by molar-refractivity contribution is 9.10. The van der Waals surface area contributed by atoms with Crippen molar-refractivity contribution in [3.8, 4) is 16.9 Å². The van der Waals surface area contributed by atoms with Crippen molar-refractivity contribution in [2.24, 2.45) is 0 Å². The van der Waals surface area contributed by atoms with Gasteiger partial charge >= 0.3 is 5.16 Å². The van der Waals surface area contributed by atoms with E-state index in [-0.39, 0.29) is 0 Å². The van der Waals surface area contributed by atoms with Gasteiger partial charge in [-0.3, -0.25) is 0 Å². The summed E-state index contributed by atoms with van der Waals surface area (Å²) in [4.78, 5) is 0. The number of halogens is 2. The van der Waals surface area contributed by atoms with E-state index >= 15 is 0 Å². The van der Waals surface area contributed by atoms with Gasteiger partial charge in [-0.15, -0.1) is 0 Å². The summed E-state index contributed by atoms with van der Waals surface area (Å²) >= 11 is 11.5. The standard InChI is InChI=1S/C18H15BrClN2S/c19-14-4-8-16(9-5-14)22-12-17(13-2-6-15(20)7-3-13)21-10-1-11-23-18(21)22/h2-9,12H,1,10-11H2/q+1. The van der Waals surface area contributed by atoms with Crippen LogP contribution in [-0.2, 0) is 6.54 Å². The van der Waals surface area contributed by atoms with Crippen molar-refractivity contribution in [2.75, 3.05) is 5.75 Å². The molecule has 0 saturated heterocycles. The van der Waals surface area contributed by atoms with E-state index in [0.29, 0.717) is 0 Å². The lowest BCUT2D eigenvalue weighted by Crippen LogP contribution is -2.40. The normalized spacial score (nSPS) is 13.8. The number of thioether (sulfide) groups is 1. The Labute approximate surface area is 153 Å². The monoisotopic (exact) mass is 405 g/mol. The molecular formula is C18H15BrClN2S+. The quantitative estimate of drug-likeness (QED) is 0.522. The molecule has 5 heteroatoms. The second-order valence-electron chi connectivity index (χ2n) is 5.50. The Balaban J connectivity index is 1.87. The number of rotatable bonds is 2. The van der Waals surface area contributed by atoms with Gasteiger partial charge in [0.25, 0.3) is 0 Å². The fraction of sp³-hybridized carbons (Fsp3) is 0.167. The Bertz CT molecular complexity index is 771. The van der Waals surface area contributed by atoms with Crippen molar-refractivity contribution in [1.82, 2.24) is 4.57 Å². The number of aromatic nitrogens is 2. The van der Waals surface area contributed by atoms with E-state index in [9.17, 15) is 0 Å². The van der Waals surface area contributed by atoms with Gasteiger partial charge in [0.05, 0.1) is 6.54 Å². The van der Waals surface area contributed by atoms with E-state index in [1.165, 1.54) is 34.3 Å². The van der Waals surface area contributed by atoms with Crippen molar-refractivity contribution < 1.29 is 4.57 Å². The SMILES string of the molecule is Clc1ccc(-c2cn(-c3ccc(Br)cc3)c3[n+]2CCCS3)cc1. The molecule has 0 spiro atoms. The molecule has 0 amide bonds. The largest absolute Gasteiger partial charge is 0.323 e. The summed E-state index contributed by atoms with van der Waals surface area (Å²) in [6, 6.07) is 16.6. The fourth-order valence-corrected chi connectivity index (χ4v) is 4.36. The average molecular weight is 407 g/mol. The van der Waals surface area contributed by atoms with E-state index in [4.69, 9.17) is 11.6 Å². The number of imidazole rings is 1. The van der Waals surface area contributed by atoms with Gasteiger partial charge in [0.15, 0.2) is 5.69 Å². The zero-order chi connectivity index (χ0) is 15.8. The molecule has 1 aliphatic rings. The first kappa shape index (κ1) is 15.3. The molecule has 0 saturated carbocycles. The van der Waals surface area contributed by atoms with Crippen molar-refractivity contribution >= 4 is 39.3 Å². The Morgan fingerprint density at radius 3 is 2.52 bits per heavy atom. The summed E-state index contributed by atoms with van der Waals surface area (Å²) in [7, 11) is 0. The van der Waals surface area contributed by atoms with Gasteiger partial charge in [-0.05, 0) is 66.7 Å². The van der Waals surface area contributed by atoms with E-state index in [1.54, 1.807) is 0 Å².